The molecule has 1 aromatic rings. The molecule has 7 heteroatoms. The van der Waals surface area contributed by atoms with Crippen LogP contribution < -0.4 is 0 Å². The summed E-state index contributed by atoms with van der Waals surface area (Å²) in [6, 6.07) is 6.44. The van der Waals surface area contributed by atoms with Crippen LogP contribution in [-0.4, -0.2) is 33.6 Å². The fraction of sp³-hybridized carbons (Fsp3) is 0.600. The number of nitrogens with zero attached hydrogens (tertiary/aromatic N) is 2. The maximum Gasteiger partial charge on any atom is 0.439 e. The van der Waals surface area contributed by atoms with Crippen molar-refractivity contribution >= 4 is 11.6 Å². The molecule has 1 amide bonds. The van der Waals surface area contributed by atoms with E-state index in [9.17, 15) is 23.1 Å². The quantitative estimate of drug-likeness (QED) is 0.770. The molecular formula is C20H25F3N2O2. The van der Waals surface area contributed by atoms with Gasteiger partial charge in [-0.25, -0.2) is 0 Å². The maximum absolute atomic E-state index is 13.9. The van der Waals surface area contributed by atoms with E-state index < -0.39 is 23.7 Å². The van der Waals surface area contributed by atoms with Crippen LogP contribution in [0.15, 0.2) is 29.4 Å². The second-order valence-electron chi connectivity index (χ2n) is 8.41. The molecule has 0 spiro atoms. The van der Waals surface area contributed by atoms with Gasteiger partial charge in [0.1, 0.15) is 0 Å². The number of benzene rings is 1. The molecule has 1 aliphatic heterocycles. The van der Waals surface area contributed by atoms with Crippen LogP contribution in [-0.2, 0) is 5.41 Å². The largest absolute Gasteiger partial charge is 0.439 e. The Morgan fingerprint density at radius 3 is 2.33 bits per heavy atom. The summed E-state index contributed by atoms with van der Waals surface area (Å²) in [6.45, 7) is 6.02. The molecule has 2 atom stereocenters. The topological polar surface area (TPSA) is 52.9 Å². The van der Waals surface area contributed by atoms with Gasteiger partial charge in [0, 0.05) is 11.3 Å². The van der Waals surface area contributed by atoms with E-state index in [1.54, 1.807) is 12.1 Å². The number of hydrogen-bond acceptors (Lipinski definition) is 3. The Morgan fingerprint density at radius 2 is 1.78 bits per heavy atom. The maximum atomic E-state index is 13.9. The van der Waals surface area contributed by atoms with Crippen molar-refractivity contribution in [2.45, 2.75) is 70.2 Å². The molecule has 1 heterocycles. The van der Waals surface area contributed by atoms with Crippen LogP contribution in [0.1, 0.15) is 68.8 Å². The highest BCUT2D eigenvalue weighted by Gasteiger charge is 2.68. The minimum atomic E-state index is -4.99. The molecule has 1 fully saturated rings. The van der Waals surface area contributed by atoms with Gasteiger partial charge in [-0.3, -0.25) is 4.79 Å². The van der Waals surface area contributed by atoms with Crippen molar-refractivity contribution in [3.63, 3.8) is 0 Å². The Bertz CT molecular complexity index is 750. The van der Waals surface area contributed by atoms with Crippen molar-refractivity contribution < 1.29 is 23.1 Å². The fourth-order valence-corrected chi connectivity index (χ4v) is 3.83. The lowest BCUT2D eigenvalue weighted by Gasteiger charge is -2.37. The second-order valence-corrected chi connectivity index (χ2v) is 8.41. The Morgan fingerprint density at radius 1 is 1.15 bits per heavy atom. The van der Waals surface area contributed by atoms with Gasteiger partial charge in [-0.05, 0) is 42.4 Å². The summed E-state index contributed by atoms with van der Waals surface area (Å²) in [5, 5.41) is 14.9. The molecule has 27 heavy (non-hydrogen) atoms. The Kier molecular flexibility index (Phi) is 4.87. The molecule has 1 saturated carbocycles. The van der Waals surface area contributed by atoms with Crippen LogP contribution in [0.5, 0.6) is 0 Å². The number of fused-ring (bicyclic) bond motifs is 1. The normalized spacial score (nSPS) is 26.4. The number of rotatable bonds is 1. The van der Waals surface area contributed by atoms with Crippen molar-refractivity contribution in [2.75, 3.05) is 0 Å². The summed E-state index contributed by atoms with van der Waals surface area (Å²) < 4.78 is 41.6. The average molecular weight is 382 g/mol. The Balaban J connectivity index is 1.99. The molecule has 1 aliphatic carbocycles. The fourth-order valence-electron chi connectivity index (χ4n) is 3.83. The first-order chi connectivity index (χ1) is 12.5. The number of aliphatic hydroxyl groups is 1. The van der Waals surface area contributed by atoms with Crippen molar-refractivity contribution in [1.29, 1.82) is 0 Å². The molecule has 0 radical (unpaired) electrons. The minimum absolute atomic E-state index is 0.0754. The van der Waals surface area contributed by atoms with E-state index in [0.29, 0.717) is 19.3 Å². The van der Waals surface area contributed by atoms with Gasteiger partial charge in [0.2, 0.25) is 0 Å². The zero-order valence-electron chi connectivity index (χ0n) is 15.8. The summed E-state index contributed by atoms with van der Waals surface area (Å²) in [6.07, 6.45) is -2.37. The van der Waals surface area contributed by atoms with Crippen LogP contribution in [0.3, 0.4) is 0 Å². The van der Waals surface area contributed by atoms with Crippen LogP contribution >= 0.6 is 0 Å². The van der Waals surface area contributed by atoms with Gasteiger partial charge >= 0.3 is 6.18 Å². The first-order valence-corrected chi connectivity index (χ1v) is 9.28. The molecule has 2 aliphatic rings. The van der Waals surface area contributed by atoms with E-state index in [1.807, 2.05) is 20.8 Å². The van der Waals surface area contributed by atoms with E-state index in [4.69, 9.17) is 0 Å². The van der Waals surface area contributed by atoms with E-state index in [1.165, 1.54) is 12.1 Å². The smallest absolute Gasteiger partial charge is 0.362 e. The van der Waals surface area contributed by atoms with Gasteiger partial charge in [0.05, 0.1) is 5.92 Å². The van der Waals surface area contributed by atoms with E-state index in [0.717, 1.165) is 12.0 Å². The molecule has 0 aromatic heterocycles. The Labute approximate surface area is 157 Å². The predicted molar refractivity (Wildman–Crippen MR) is 96.3 cm³/mol. The Hall–Kier alpha value is -1.89. The third-order valence-electron chi connectivity index (χ3n) is 5.47. The summed E-state index contributed by atoms with van der Waals surface area (Å²) in [4.78, 5) is 12.9. The van der Waals surface area contributed by atoms with Gasteiger partial charge < -0.3 is 5.11 Å². The molecule has 4 nitrogen and oxygen atoms in total. The van der Waals surface area contributed by atoms with E-state index in [2.05, 4.69) is 5.10 Å². The number of carbonyl (C=O) groups is 1. The van der Waals surface area contributed by atoms with Crippen LogP contribution in [0.4, 0.5) is 13.2 Å². The van der Waals surface area contributed by atoms with Gasteiger partial charge in [0.15, 0.2) is 0 Å². The zero-order chi connectivity index (χ0) is 20.0. The summed E-state index contributed by atoms with van der Waals surface area (Å²) in [5.74, 6) is -2.13. The third kappa shape index (κ3) is 3.37. The van der Waals surface area contributed by atoms with Gasteiger partial charge in [0.25, 0.3) is 11.6 Å². The number of alkyl halides is 3. The minimum Gasteiger partial charge on any atom is -0.362 e. The van der Waals surface area contributed by atoms with Crippen molar-refractivity contribution in [2.24, 2.45) is 11.0 Å². The monoisotopic (exact) mass is 382 g/mol. The number of amides is 1. The molecule has 1 N–H and O–H groups in total. The van der Waals surface area contributed by atoms with Crippen LogP contribution in [0, 0.1) is 5.92 Å². The molecular weight excluding hydrogens is 357 g/mol. The average Bonchev–Trinajstić information content (AvgIpc) is 2.73. The molecule has 0 saturated heterocycles. The van der Waals surface area contributed by atoms with Crippen molar-refractivity contribution in [1.82, 2.24) is 5.01 Å². The van der Waals surface area contributed by atoms with Crippen LogP contribution in [0.25, 0.3) is 0 Å². The number of halogens is 3. The first kappa shape index (κ1) is 19.9. The number of hydrogen-bond donors (Lipinski definition) is 1. The highest BCUT2D eigenvalue weighted by molar-refractivity contribution is 5.99. The molecule has 1 aromatic carbocycles. The van der Waals surface area contributed by atoms with Crippen molar-refractivity contribution in [3.05, 3.63) is 35.4 Å². The predicted octanol–water partition coefficient (Wildman–Crippen LogP) is 4.63. The first-order valence-electron chi connectivity index (χ1n) is 9.28. The van der Waals surface area contributed by atoms with Gasteiger partial charge in [-0.15, -0.1) is 0 Å². The molecule has 0 bridgehead atoms. The summed E-state index contributed by atoms with van der Waals surface area (Å²) in [5.41, 5.74) is -2.12. The highest BCUT2D eigenvalue weighted by Crippen LogP contribution is 2.48. The van der Waals surface area contributed by atoms with Gasteiger partial charge in [-0.1, -0.05) is 45.7 Å². The van der Waals surface area contributed by atoms with Crippen molar-refractivity contribution in [3.8, 4) is 0 Å². The SMILES string of the molecule is CC(C)(C)c1ccc(C(=O)N2N=C3CCCCCC3C2(O)C(F)(F)F)cc1. The molecule has 3 rings (SSSR count). The summed E-state index contributed by atoms with van der Waals surface area (Å²) in [7, 11) is 0. The molecule has 148 valence electrons. The lowest BCUT2D eigenvalue weighted by atomic mass is 9.86. The summed E-state index contributed by atoms with van der Waals surface area (Å²) >= 11 is 0. The highest BCUT2D eigenvalue weighted by atomic mass is 19.4. The van der Waals surface area contributed by atoms with E-state index in [-0.39, 0.29) is 28.1 Å². The lowest BCUT2D eigenvalue weighted by molar-refractivity contribution is -0.312. The number of carbonyl (C=O) groups excluding carboxylic acids is 1. The zero-order valence-corrected chi connectivity index (χ0v) is 15.8. The third-order valence-corrected chi connectivity index (χ3v) is 5.47. The van der Waals surface area contributed by atoms with Crippen LogP contribution in [0.2, 0.25) is 0 Å². The molecule has 2 unspecified atom stereocenters. The second kappa shape index (κ2) is 6.62. The standard InChI is InChI=1S/C20H25F3N2O2/c1-18(2,3)14-11-9-13(10-12-14)17(26)25-19(27,20(21,22)23)15-7-5-4-6-8-16(15)24-25/h9-12,15,27H,4-8H2,1-3H3. The number of hydrazone groups is 1. The van der Waals surface area contributed by atoms with E-state index >= 15 is 0 Å². The lowest BCUT2D eigenvalue weighted by Crippen LogP contribution is -2.61. The van der Waals surface area contributed by atoms with Gasteiger partial charge in [-0.2, -0.15) is 23.3 Å².